The van der Waals surface area contributed by atoms with Crippen LogP contribution in [0.1, 0.15) is 50.1 Å². The minimum absolute atomic E-state index is 0.197. The smallest absolute Gasteiger partial charge is 0.124 e. The first-order valence-electron chi connectivity index (χ1n) is 7.50. The second-order valence-electron chi connectivity index (χ2n) is 5.71. The SMILES string of the molecule is OC1CCCCCC1NC1CCOc2ccccc21. The molecular formula is C16H23NO2. The summed E-state index contributed by atoms with van der Waals surface area (Å²) in [6.45, 7) is 0.761. The first-order chi connectivity index (χ1) is 9.34. The zero-order valence-corrected chi connectivity index (χ0v) is 11.3. The third-order valence-corrected chi connectivity index (χ3v) is 4.35. The molecule has 1 aliphatic carbocycles. The van der Waals surface area contributed by atoms with E-state index < -0.39 is 0 Å². The Labute approximate surface area is 115 Å². The van der Waals surface area contributed by atoms with Gasteiger partial charge in [-0.25, -0.2) is 0 Å². The maximum atomic E-state index is 10.2. The van der Waals surface area contributed by atoms with Crippen LogP contribution in [-0.2, 0) is 0 Å². The predicted molar refractivity (Wildman–Crippen MR) is 75.3 cm³/mol. The summed E-state index contributed by atoms with van der Waals surface area (Å²) < 4.78 is 5.69. The van der Waals surface area contributed by atoms with Gasteiger partial charge in [-0.3, -0.25) is 0 Å². The maximum absolute atomic E-state index is 10.2. The van der Waals surface area contributed by atoms with E-state index >= 15 is 0 Å². The van der Waals surface area contributed by atoms with Crippen LogP contribution in [0.2, 0.25) is 0 Å². The third kappa shape index (κ3) is 2.93. The molecule has 3 atom stereocenters. The van der Waals surface area contributed by atoms with Gasteiger partial charge in [-0.05, 0) is 18.9 Å². The lowest BCUT2D eigenvalue weighted by atomic mass is 9.97. The number of hydrogen-bond donors (Lipinski definition) is 2. The average molecular weight is 261 g/mol. The van der Waals surface area contributed by atoms with E-state index in [1.54, 1.807) is 0 Å². The van der Waals surface area contributed by atoms with Gasteiger partial charge in [0.05, 0.1) is 12.7 Å². The van der Waals surface area contributed by atoms with Gasteiger partial charge in [0, 0.05) is 24.1 Å². The second kappa shape index (κ2) is 5.93. The van der Waals surface area contributed by atoms with Crippen LogP contribution in [0.4, 0.5) is 0 Å². The van der Waals surface area contributed by atoms with Gasteiger partial charge in [0.25, 0.3) is 0 Å². The Hall–Kier alpha value is -1.06. The molecule has 1 aromatic carbocycles. The normalized spacial score (nSPS) is 31.1. The van der Waals surface area contributed by atoms with Crippen LogP contribution in [0.25, 0.3) is 0 Å². The standard InChI is InChI=1S/C16H23NO2/c18-15-8-3-1-2-7-14(15)17-13-10-11-19-16-9-5-4-6-12(13)16/h4-6,9,13-15,17-18H,1-3,7-8,10-11H2. The highest BCUT2D eigenvalue weighted by Gasteiger charge is 2.27. The van der Waals surface area contributed by atoms with Crippen molar-refractivity contribution in [1.82, 2.24) is 5.32 Å². The second-order valence-corrected chi connectivity index (χ2v) is 5.71. The van der Waals surface area contributed by atoms with Crippen LogP contribution < -0.4 is 10.1 Å². The fourth-order valence-corrected chi connectivity index (χ4v) is 3.26. The lowest BCUT2D eigenvalue weighted by molar-refractivity contribution is 0.108. The summed E-state index contributed by atoms with van der Waals surface area (Å²) in [5.41, 5.74) is 1.24. The Bertz CT molecular complexity index is 421. The molecule has 1 aliphatic heterocycles. The summed E-state index contributed by atoms with van der Waals surface area (Å²) in [5, 5.41) is 13.9. The summed E-state index contributed by atoms with van der Waals surface area (Å²) in [7, 11) is 0. The number of benzene rings is 1. The molecule has 0 saturated heterocycles. The number of nitrogens with one attached hydrogen (secondary N) is 1. The van der Waals surface area contributed by atoms with Crippen LogP contribution in [-0.4, -0.2) is 23.9 Å². The first kappa shape index (κ1) is 12.9. The first-order valence-corrected chi connectivity index (χ1v) is 7.50. The Kier molecular flexibility index (Phi) is 4.04. The molecular weight excluding hydrogens is 238 g/mol. The van der Waals surface area contributed by atoms with Crippen molar-refractivity contribution >= 4 is 0 Å². The Balaban J connectivity index is 1.73. The number of ether oxygens (including phenoxy) is 1. The highest BCUT2D eigenvalue weighted by Crippen LogP contribution is 2.33. The number of fused-ring (bicyclic) bond motifs is 1. The maximum Gasteiger partial charge on any atom is 0.124 e. The minimum atomic E-state index is -0.197. The van der Waals surface area contributed by atoms with Gasteiger partial charge in [0.1, 0.15) is 5.75 Å². The average Bonchev–Trinajstić information content (AvgIpc) is 2.65. The molecule has 0 bridgehead atoms. The molecule has 3 rings (SSSR count). The minimum Gasteiger partial charge on any atom is -0.493 e. The molecule has 104 valence electrons. The van der Waals surface area contributed by atoms with E-state index in [2.05, 4.69) is 17.4 Å². The van der Waals surface area contributed by atoms with E-state index in [1.807, 2.05) is 12.1 Å². The summed E-state index contributed by atoms with van der Waals surface area (Å²) in [6.07, 6.45) is 6.43. The number of hydrogen-bond acceptors (Lipinski definition) is 3. The summed E-state index contributed by atoms with van der Waals surface area (Å²) >= 11 is 0. The van der Waals surface area contributed by atoms with Gasteiger partial charge in [0.15, 0.2) is 0 Å². The van der Waals surface area contributed by atoms with Gasteiger partial charge >= 0.3 is 0 Å². The highest BCUT2D eigenvalue weighted by atomic mass is 16.5. The molecule has 1 saturated carbocycles. The lowest BCUT2D eigenvalue weighted by Crippen LogP contribution is -2.42. The zero-order chi connectivity index (χ0) is 13.1. The fraction of sp³-hybridized carbons (Fsp3) is 0.625. The van der Waals surface area contributed by atoms with Crippen LogP contribution in [0, 0.1) is 0 Å². The van der Waals surface area contributed by atoms with Crippen molar-refractivity contribution in [3.63, 3.8) is 0 Å². The van der Waals surface area contributed by atoms with Crippen molar-refractivity contribution in [2.24, 2.45) is 0 Å². The zero-order valence-electron chi connectivity index (χ0n) is 11.3. The molecule has 1 aromatic rings. The molecule has 0 radical (unpaired) electrons. The topological polar surface area (TPSA) is 41.5 Å². The lowest BCUT2D eigenvalue weighted by Gasteiger charge is -2.32. The van der Waals surface area contributed by atoms with Crippen molar-refractivity contribution < 1.29 is 9.84 Å². The Morgan fingerprint density at radius 2 is 1.89 bits per heavy atom. The molecule has 2 N–H and O–H groups in total. The quantitative estimate of drug-likeness (QED) is 0.804. The van der Waals surface area contributed by atoms with Crippen LogP contribution >= 0.6 is 0 Å². The van der Waals surface area contributed by atoms with Crippen LogP contribution in [0.15, 0.2) is 24.3 Å². The Morgan fingerprint density at radius 1 is 1.05 bits per heavy atom. The molecule has 3 heteroatoms. The molecule has 1 heterocycles. The van der Waals surface area contributed by atoms with Crippen molar-refractivity contribution in [2.45, 2.75) is 56.7 Å². The number of para-hydroxylation sites is 1. The summed E-state index contributed by atoms with van der Waals surface area (Å²) in [5.74, 6) is 0.995. The molecule has 3 nitrogen and oxygen atoms in total. The molecule has 0 amide bonds. The van der Waals surface area contributed by atoms with Crippen molar-refractivity contribution in [2.75, 3.05) is 6.61 Å². The monoisotopic (exact) mass is 261 g/mol. The largest absolute Gasteiger partial charge is 0.493 e. The van der Waals surface area contributed by atoms with E-state index in [1.165, 1.54) is 18.4 Å². The molecule has 2 aliphatic rings. The van der Waals surface area contributed by atoms with Gasteiger partial charge in [-0.2, -0.15) is 0 Å². The summed E-state index contributed by atoms with van der Waals surface area (Å²) in [4.78, 5) is 0. The van der Waals surface area contributed by atoms with Gasteiger partial charge < -0.3 is 15.2 Å². The van der Waals surface area contributed by atoms with Crippen molar-refractivity contribution in [3.05, 3.63) is 29.8 Å². The van der Waals surface area contributed by atoms with Crippen molar-refractivity contribution in [3.8, 4) is 5.75 Å². The number of aliphatic hydroxyl groups excluding tert-OH is 1. The van der Waals surface area contributed by atoms with Gasteiger partial charge in [-0.1, -0.05) is 37.5 Å². The number of aliphatic hydroxyl groups is 1. The van der Waals surface area contributed by atoms with Crippen LogP contribution in [0.5, 0.6) is 5.75 Å². The molecule has 0 aromatic heterocycles. The fourth-order valence-electron chi connectivity index (χ4n) is 3.26. The summed E-state index contributed by atoms with van der Waals surface area (Å²) in [6, 6.07) is 8.80. The van der Waals surface area contributed by atoms with E-state index in [0.717, 1.165) is 38.0 Å². The Morgan fingerprint density at radius 3 is 2.84 bits per heavy atom. The molecule has 3 unspecified atom stereocenters. The van der Waals surface area contributed by atoms with E-state index in [-0.39, 0.29) is 12.1 Å². The van der Waals surface area contributed by atoms with Crippen LogP contribution in [0.3, 0.4) is 0 Å². The molecule has 1 fully saturated rings. The van der Waals surface area contributed by atoms with Gasteiger partial charge in [0.2, 0.25) is 0 Å². The molecule has 19 heavy (non-hydrogen) atoms. The number of rotatable bonds is 2. The highest BCUT2D eigenvalue weighted by molar-refractivity contribution is 5.37. The van der Waals surface area contributed by atoms with Crippen molar-refractivity contribution in [1.29, 1.82) is 0 Å². The predicted octanol–water partition coefficient (Wildman–Crippen LogP) is 2.79. The van der Waals surface area contributed by atoms with E-state index in [4.69, 9.17) is 4.74 Å². The molecule has 0 spiro atoms. The van der Waals surface area contributed by atoms with E-state index in [0.29, 0.717) is 6.04 Å². The van der Waals surface area contributed by atoms with E-state index in [9.17, 15) is 5.11 Å². The van der Waals surface area contributed by atoms with Gasteiger partial charge in [-0.15, -0.1) is 0 Å². The third-order valence-electron chi connectivity index (χ3n) is 4.35.